The number of fused-ring (bicyclic) bond motifs is 1. The molecule has 0 aliphatic carbocycles. The van der Waals surface area contributed by atoms with Gasteiger partial charge in [-0.3, -0.25) is 9.36 Å². The number of rotatable bonds is 6. The number of oxime groups is 1. The Labute approximate surface area is 238 Å². The third kappa shape index (κ3) is 9.66. The number of piperidine rings is 1. The van der Waals surface area contributed by atoms with Crippen molar-refractivity contribution < 1.29 is 43.4 Å². The number of allylic oxidation sites excluding steroid dienone is 3. The summed E-state index contributed by atoms with van der Waals surface area (Å²) in [4.78, 5) is 51.3. The van der Waals surface area contributed by atoms with E-state index >= 15 is 0 Å². The number of benzene rings is 1. The van der Waals surface area contributed by atoms with Gasteiger partial charge in [-0.2, -0.15) is 0 Å². The van der Waals surface area contributed by atoms with Crippen LogP contribution in [0, 0.1) is 5.92 Å². The largest absolute Gasteiger partial charge is 0.507 e. The average molecular weight is 599 g/mol. The molecule has 1 amide bonds. The summed E-state index contributed by atoms with van der Waals surface area (Å²) in [5, 5.41) is 14.8. The molecule has 0 spiro atoms. The number of cyclic esters (lactones) is 1. The second kappa shape index (κ2) is 14.7. The average Bonchev–Trinajstić information content (AvgIpc) is 2.88. The van der Waals surface area contributed by atoms with Crippen LogP contribution in [-0.4, -0.2) is 69.5 Å². The lowest BCUT2D eigenvalue weighted by molar-refractivity contribution is -0.137. The highest BCUT2D eigenvalue weighted by Crippen LogP contribution is 2.41. The molecule has 3 rings (SSSR count). The second-order valence-corrected chi connectivity index (χ2v) is 11.9. The molecular formula is C27H36ClN2O9P. The number of phenolic OH excluding ortho intramolecular Hbond substituents is 1. The van der Waals surface area contributed by atoms with Gasteiger partial charge in [0.1, 0.15) is 23.2 Å². The summed E-state index contributed by atoms with van der Waals surface area (Å²) in [7, 11) is -4.57. The van der Waals surface area contributed by atoms with Gasteiger partial charge in [0.2, 0.25) is 0 Å². The first-order chi connectivity index (χ1) is 18.9. The van der Waals surface area contributed by atoms with E-state index in [0.717, 1.165) is 25.3 Å². The quantitative estimate of drug-likeness (QED) is 0.185. The third-order valence-corrected chi connectivity index (χ3v) is 7.27. The van der Waals surface area contributed by atoms with Crippen LogP contribution < -0.4 is 4.74 Å². The number of carbonyl (C=O) groups excluding carboxylic acids is 2. The van der Waals surface area contributed by atoms with Crippen molar-refractivity contribution in [3.8, 4) is 11.5 Å². The Morgan fingerprint density at radius 2 is 1.93 bits per heavy atom. The van der Waals surface area contributed by atoms with Gasteiger partial charge in [0.25, 0.3) is 5.91 Å². The van der Waals surface area contributed by atoms with E-state index in [1.54, 1.807) is 17.9 Å². The molecule has 2 aliphatic rings. The molecule has 2 aliphatic heterocycles. The van der Waals surface area contributed by atoms with Crippen molar-refractivity contribution in [2.75, 3.05) is 26.0 Å². The first-order valence-electron chi connectivity index (χ1n) is 13.2. The summed E-state index contributed by atoms with van der Waals surface area (Å²) in [5.74, 6) is -1.62. The zero-order chi connectivity index (χ0) is 29.3. The van der Waals surface area contributed by atoms with E-state index in [4.69, 9.17) is 25.9 Å². The lowest BCUT2D eigenvalue weighted by Crippen LogP contribution is -2.37. The Hall–Kier alpha value is -2.85. The van der Waals surface area contributed by atoms with E-state index in [9.17, 15) is 29.0 Å². The number of carbonyl (C=O) groups is 2. The lowest BCUT2D eigenvalue weighted by Gasteiger charge is -2.26. The van der Waals surface area contributed by atoms with Crippen molar-refractivity contribution in [2.45, 2.75) is 58.5 Å². The number of esters is 1. The number of hydrogen-bond donors (Lipinski definition) is 3. The minimum atomic E-state index is -4.57. The standard InChI is InChI=1S/C27H36ClN2O9P/c1-18-8-6-10-19(2)39-27(33)25-21(26(28)23(15-22(25)31)37-17-40(34,35)36)14-20(11-7-9-18)29-38-16-24(32)30-12-4-3-5-13-30/h6-8,11,15,18-19,31H,3-5,9-10,12-14,16-17H2,1-2H3,(H2,34,35,36)/b8-6+,11-7+,29-20+/t18-,19+/m0/s1. The van der Waals surface area contributed by atoms with Crippen LogP contribution in [-0.2, 0) is 25.4 Å². The zero-order valence-corrected chi connectivity index (χ0v) is 24.3. The van der Waals surface area contributed by atoms with Crippen molar-refractivity contribution in [1.82, 2.24) is 4.90 Å². The van der Waals surface area contributed by atoms with Gasteiger partial charge in [0.05, 0.1) is 10.7 Å². The molecule has 0 radical (unpaired) electrons. The Morgan fingerprint density at radius 1 is 1.20 bits per heavy atom. The molecule has 40 heavy (non-hydrogen) atoms. The molecule has 0 bridgehead atoms. The van der Waals surface area contributed by atoms with Crippen molar-refractivity contribution in [1.29, 1.82) is 0 Å². The maximum Gasteiger partial charge on any atom is 0.362 e. The second-order valence-electron chi connectivity index (χ2n) is 9.97. The summed E-state index contributed by atoms with van der Waals surface area (Å²) in [5.41, 5.74) is 0.116. The third-order valence-electron chi connectivity index (χ3n) is 6.39. The Bertz CT molecular complexity index is 1200. The van der Waals surface area contributed by atoms with Crippen LogP contribution in [0.5, 0.6) is 11.5 Å². The number of aromatic hydroxyl groups is 1. The first-order valence-corrected chi connectivity index (χ1v) is 15.3. The molecule has 220 valence electrons. The minimum Gasteiger partial charge on any atom is -0.507 e. The van der Waals surface area contributed by atoms with Crippen LogP contribution in [0.15, 0.2) is 35.5 Å². The summed E-state index contributed by atoms with van der Waals surface area (Å²) < 4.78 is 22.1. The van der Waals surface area contributed by atoms with Crippen LogP contribution in [0.4, 0.5) is 0 Å². The predicted octanol–water partition coefficient (Wildman–Crippen LogP) is 4.57. The van der Waals surface area contributed by atoms with E-state index in [1.165, 1.54) is 0 Å². The van der Waals surface area contributed by atoms with E-state index in [2.05, 4.69) is 5.16 Å². The highest BCUT2D eigenvalue weighted by Gasteiger charge is 2.27. The van der Waals surface area contributed by atoms with Crippen LogP contribution in [0.1, 0.15) is 61.9 Å². The smallest absolute Gasteiger partial charge is 0.362 e. The number of ether oxygens (including phenoxy) is 2. The van der Waals surface area contributed by atoms with Gasteiger partial charge in [-0.25, -0.2) is 4.79 Å². The molecule has 1 fully saturated rings. The normalized spacial score (nSPS) is 23.5. The predicted molar refractivity (Wildman–Crippen MR) is 150 cm³/mol. The Balaban J connectivity index is 1.99. The molecule has 1 aromatic rings. The van der Waals surface area contributed by atoms with Gasteiger partial charge in [-0.05, 0) is 50.2 Å². The van der Waals surface area contributed by atoms with Gasteiger partial charge >= 0.3 is 13.6 Å². The molecule has 1 aromatic carbocycles. The maximum absolute atomic E-state index is 13.2. The van der Waals surface area contributed by atoms with Gasteiger partial charge in [-0.1, -0.05) is 41.9 Å². The van der Waals surface area contributed by atoms with Crippen molar-refractivity contribution in [2.24, 2.45) is 11.1 Å². The van der Waals surface area contributed by atoms with Crippen molar-refractivity contribution >= 4 is 36.8 Å². The van der Waals surface area contributed by atoms with Crippen molar-refractivity contribution in [3.05, 3.63) is 46.5 Å². The fourth-order valence-corrected chi connectivity index (χ4v) is 4.90. The van der Waals surface area contributed by atoms with Gasteiger partial charge in [0, 0.05) is 32.0 Å². The van der Waals surface area contributed by atoms with E-state index < -0.39 is 31.8 Å². The highest BCUT2D eigenvalue weighted by molar-refractivity contribution is 7.51. The minimum absolute atomic E-state index is 0.0644. The molecule has 0 aromatic heterocycles. The zero-order valence-electron chi connectivity index (χ0n) is 22.6. The maximum atomic E-state index is 13.2. The molecule has 0 unspecified atom stereocenters. The molecule has 11 nitrogen and oxygen atoms in total. The SMILES string of the molecule is C[C@@H]1C/C=C/[C@H](C)C/C=C/C(=N\OCC(=O)N2CCCCC2)Cc2c(Cl)c(OCP(=O)(O)O)cc(O)c2C(=O)O1. The van der Waals surface area contributed by atoms with Crippen LogP contribution in [0.25, 0.3) is 0 Å². The fourth-order valence-electron chi connectivity index (χ4n) is 4.32. The fraction of sp³-hybridized carbons (Fsp3) is 0.519. The molecule has 0 saturated carbocycles. The molecule has 1 saturated heterocycles. The highest BCUT2D eigenvalue weighted by atomic mass is 35.5. The van der Waals surface area contributed by atoms with Gasteiger partial charge in [0.15, 0.2) is 13.0 Å². The van der Waals surface area contributed by atoms with E-state index in [-0.39, 0.29) is 52.5 Å². The molecule has 2 heterocycles. The summed E-state index contributed by atoms with van der Waals surface area (Å²) in [6.45, 7) is 4.82. The lowest BCUT2D eigenvalue weighted by atomic mass is 9.98. The molecular weight excluding hydrogens is 563 g/mol. The molecule has 13 heteroatoms. The van der Waals surface area contributed by atoms with Crippen LogP contribution in [0.3, 0.4) is 0 Å². The molecule has 3 N–H and O–H groups in total. The van der Waals surface area contributed by atoms with Gasteiger partial charge < -0.3 is 34.1 Å². The van der Waals surface area contributed by atoms with Crippen molar-refractivity contribution in [3.63, 3.8) is 0 Å². The number of likely N-dealkylation sites (tertiary alicyclic amines) is 1. The number of nitrogens with zero attached hydrogens (tertiary/aromatic N) is 2. The van der Waals surface area contributed by atoms with E-state index in [1.807, 2.05) is 25.2 Å². The van der Waals surface area contributed by atoms with Gasteiger partial charge in [-0.15, -0.1) is 0 Å². The number of halogens is 1. The van der Waals surface area contributed by atoms with E-state index in [0.29, 0.717) is 25.9 Å². The monoisotopic (exact) mass is 598 g/mol. The van der Waals surface area contributed by atoms with Crippen LogP contribution in [0.2, 0.25) is 5.02 Å². The summed E-state index contributed by atoms with van der Waals surface area (Å²) >= 11 is 6.57. The Kier molecular flexibility index (Phi) is 11.6. The first kappa shape index (κ1) is 31.7. The topological polar surface area (TPSA) is 155 Å². The number of amides is 1. The molecule has 2 atom stereocenters. The number of hydrogen-bond acceptors (Lipinski definition) is 8. The number of phenols is 1. The Morgan fingerprint density at radius 3 is 2.62 bits per heavy atom. The summed E-state index contributed by atoms with van der Waals surface area (Å²) in [6, 6.07) is 1.01. The van der Waals surface area contributed by atoms with Crippen LogP contribution >= 0.6 is 19.2 Å². The summed E-state index contributed by atoms with van der Waals surface area (Å²) in [6.07, 6.45) is 9.92.